The van der Waals surface area contributed by atoms with Gasteiger partial charge in [-0.1, -0.05) is 30.3 Å². The van der Waals surface area contributed by atoms with Crippen molar-refractivity contribution in [2.45, 2.75) is 40.4 Å². The van der Waals surface area contributed by atoms with Crippen molar-refractivity contribution in [3.05, 3.63) is 65.2 Å². The summed E-state index contributed by atoms with van der Waals surface area (Å²) in [6.45, 7) is 7.91. The van der Waals surface area contributed by atoms with Crippen LogP contribution in [0.4, 0.5) is 10.5 Å². The highest BCUT2D eigenvalue weighted by molar-refractivity contribution is 5.88. The molecule has 2 heterocycles. The molecular formula is C19H24N6O. The van der Waals surface area contributed by atoms with E-state index in [1.807, 2.05) is 43.7 Å². The predicted molar refractivity (Wildman–Crippen MR) is 101 cm³/mol. The van der Waals surface area contributed by atoms with Gasteiger partial charge in [0.1, 0.15) is 0 Å². The van der Waals surface area contributed by atoms with Gasteiger partial charge < -0.3 is 10.6 Å². The Hall–Kier alpha value is -3.09. The normalized spacial score (nSPS) is 10.7. The maximum atomic E-state index is 12.1. The molecule has 0 atom stereocenters. The number of nitrogens with zero attached hydrogens (tertiary/aromatic N) is 4. The van der Waals surface area contributed by atoms with Gasteiger partial charge in [-0.3, -0.25) is 9.36 Å². The van der Waals surface area contributed by atoms with E-state index in [4.69, 9.17) is 0 Å². The van der Waals surface area contributed by atoms with Crippen LogP contribution < -0.4 is 10.6 Å². The van der Waals surface area contributed by atoms with Crippen LogP contribution in [0.1, 0.15) is 29.4 Å². The molecule has 3 rings (SSSR count). The van der Waals surface area contributed by atoms with Crippen LogP contribution in [-0.4, -0.2) is 25.6 Å². The molecule has 0 aliphatic rings. The number of aryl methyl sites for hydroxylation is 2. The van der Waals surface area contributed by atoms with E-state index in [0.717, 1.165) is 30.0 Å². The number of anilines is 1. The first kappa shape index (κ1) is 17.7. The first-order valence-electron chi connectivity index (χ1n) is 8.71. The molecule has 0 aliphatic heterocycles. The SMILES string of the molecule is CCn1cc(NC(=O)NCc2c(C)nn(Cc3ccccc3)c2C)cn1. The van der Waals surface area contributed by atoms with Crippen molar-refractivity contribution >= 4 is 11.7 Å². The number of hydrogen-bond acceptors (Lipinski definition) is 3. The van der Waals surface area contributed by atoms with Crippen molar-refractivity contribution in [1.82, 2.24) is 24.9 Å². The third-order valence-electron chi connectivity index (χ3n) is 4.35. The minimum Gasteiger partial charge on any atom is -0.334 e. The predicted octanol–water partition coefficient (Wildman–Crippen LogP) is 3.09. The molecule has 0 spiro atoms. The number of amides is 2. The zero-order valence-electron chi connectivity index (χ0n) is 15.4. The van der Waals surface area contributed by atoms with Crippen molar-refractivity contribution in [2.24, 2.45) is 0 Å². The zero-order valence-corrected chi connectivity index (χ0v) is 15.4. The Bertz CT molecular complexity index is 881. The van der Waals surface area contributed by atoms with Gasteiger partial charge in [0, 0.05) is 30.5 Å². The van der Waals surface area contributed by atoms with Crippen LogP contribution in [0, 0.1) is 13.8 Å². The maximum Gasteiger partial charge on any atom is 0.319 e. The smallest absolute Gasteiger partial charge is 0.319 e. The Kier molecular flexibility index (Phi) is 5.36. The fourth-order valence-electron chi connectivity index (χ4n) is 2.85. The molecule has 0 unspecified atom stereocenters. The first-order valence-corrected chi connectivity index (χ1v) is 8.71. The van der Waals surface area contributed by atoms with Crippen LogP contribution >= 0.6 is 0 Å². The molecule has 136 valence electrons. The molecule has 3 aromatic rings. The van der Waals surface area contributed by atoms with Gasteiger partial charge in [-0.2, -0.15) is 10.2 Å². The molecule has 2 amide bonds. The van der Waals surface area contributed by atoms with Gasteiger partial charge in [-0.05, 0) is 26.3 Å². The molecule has 0 saturated carbocycles. The topological polar surface area (TPSA) is 76.8 Å². The van der Waals surface area contributed by atoms with Crippen LogP contribution in [0.25, 0.3) is 0 Å². The summed E-state index contributed by atoms with van der Waals surface area (Å²) in [7, 11) is 0. The average molecular weight is 352 g/mol. The van der Waals surface area contributed by atoms with E-state index in [1.54, 1.807) is 17.1 Å². The van der Waals surface area contributed by atoms with Gasteiger partial charge in [-0.15, -0.1) is 0 Å². The number of carbonyl (C=O) groups excluding carboxylic acids is 1. The number of rotatable bonds is 6. The Morgan fingerprint density at radius 3 is 2.65 bits per heavy atom. The summed E-state index contributed by atoms with van der Waals surface area (Å²) in [5.74, 6) is 0. The highest BCUT2D eigenvalue weighted by Crippen LogP contribution is 2.15. The molecule has 26 heavy (non-hydrogen) atoms. The van der Waals surface area contributed by atoms with Crippen LogP contribution in [0.15, 0.2) is 42.7 Å². The summed E-state index contributed by atoms with van der Waals surface area (Å²) in [4.78, 5) is 12.1. The van der Waals surface area contributed by atoms with Gasteiger partial charge in [0.05, 0.1) is 24.1 Å². The van der Waals surface area contributed by atoms with Gasteiger partial charge >= 0.3 is 6.03 Å². The van der Waals surface area contributed by atoms with Crippen LogP contribution in [-0.2, 0) is 19.6 Å². The number of aromatic nitrogens is 4. The number of benzene rings is 1. The minimum atomic E-state index is -0.254. The fourth-order valence-corrected chi connectivity index (χ4v) is 2.85. The highest BCUT2D eigenvalue weighted by atomic mass is 16.2. The second-order valence-electron chi connectivity index (χ2n) is 6.19. The number of carbonyl (C=O) groups is 1. The molecular weight excluding hydrogens is 328 g/mol. The minimum absolute atomic E-state index is 0.254. The molecule has 0 fully saturated rings. The van der Waals surface area contributed by atoms with Crippen molar-refractivity contribution in [3.8, 4) is 0 Å². The summed E-state index contributed by atoms with van der Waals surface area (Å²) >= 11 is 0. The Labute approximate surface area is 153 Å². The van der Waals surface area contributed by atoms with Crippen molar-refractivity contribution in [1.29, 1.82) is 0 Å². The van der Waals surface area contributed by atoms with Crippen molar-refractivity contribution < 1.29 is 4.79 Å². The largest absolute Gasteiger partial charge is 0.334 e. The van der Waals surface area contributed by atoms with E-state index in [0.29, 0.717) is 12.2 Å². The van der Waals surface area contributed by atoms with E-state index in [1.165, 1.54) is 5.56 Å². The van der Waals surface area contributed by atoms with E-state index in [-0.39, 0.29) is 6.03 Å². The van der Waals surface area contributed by atoms with Gasteiger partial charge in [0.25, 0.3) is 0 Å². The van der Waals surface area contributed by atoms with Gasteiger partial charge in [-0.25, -0.2) is 4.79 Å². The summed E-state index contributed by atoms with van der Waals surface area (Å²) in [6, 6.07) is 9.96. The highest BCUT2D eigenvalue weighted by Gasteiger charge is 2.13. The number of nitrogens with one attached hydrogen (secondary N) is 2. The molecule has 7 nitrogen and oxygen atoms in total. The quantitative estimate of drug-likeness (QED) is 0.716. The second kappa shape index (κ2) is 7.86. The standard InChI is InChI=1S/C19H24N6O/c1-4-24-13-17(10-21-24)22-19(26)20-11-18-14(2)23-25(15(18)3)12-16-8-6-5-7-9-16/h5-10,13H,4,11-12H2,1-3H3,(H2,20,22,26). The van der Waals surface area contributed by atoms with E-state index in [2.05, 4.69) is 33.0 Å². The molecule has 0 aliphatic carbocycles. The lowest BCUT2D eigenvalue weighted by Gasteiger charge is -2.08. The maximum absolute atomic E-state index is 12.1. The van der Waals surface area contributed by atoms with Gasteiger partial charge in [0.15, 0.2) is 0 Å². The number of hydrogen-bond donors (Lipinski definition) is 2. The summed E-state index contributed by atoms with van der Waals surface area (Å²) in [6.07, 6.45) is 3.44. The summed E-state index contributed by atoms with van der Waals surface area (Å²) < 4.78 is 3.74. The molecule has 1 aromatic carbocycles. The van der Waals surface area contributed by atoms with Crippen molar-refractivity contribution in [2.75, 3.05) is 5.32 Å². The zero-order chi connectivity index (χ0) is 18.5. The van der Waals surface area contributed by atoms with E-state index >= 15 is 0 Å². The number of urea groups is 1. The molecule has 0 saturated heterocycles. The van der Waals surface area contributed by atoms with Crippen LogP contribution in [0.5, 0.6) is 0 Å². The first-order chi connectivity index (χ1) is 12.6. The Morgan fingerprint density at radius 1 is 1.19 bits per heavy atom. The molecule has 2 N–H and O–H groups in total. The lowest BCUT2D eigenvalue weighted by Crippen LogP contribution is -2.28. The second-order valence-corrected chi connectivity index (χ2v) is 6.19. The van der Waals surface area contributed by atoms with Gasteiger partial charge in [0.2, 0.25) is 0 Å². The Balaban J connectivity index is 1.61. The third kappa shape index (κ3) is 4.11. The van der Waals surface area contributed by atoms with E-state index in [9.17, 15) is 4.79 Å². The third-order valence-corrected chi connectivity index (χ3v) is 4.35. The molecule has 2 aromatic heterocycles. The summed E-state index contributed by atoms with van der Waals surface area (Å²) in [5, 5.41) is 14.4. The molecule has 0 radical (unpaired) electrons. The monoisotopic (exact) mass is 352 g/mol. The van der Waals surface area contributed by atoms with Crippen LogP contribution in [0.2, 0.25) is 0 Å². The summed E-state index contributed by atoms with van der Waals surface area (Å²) in [5.41, 5.74) is 4.91. The molecule has 7 heteroatoms. The van der Waals surface area contributed by atoms with Crippen LogP contribution in [0.3, 0.4) is 0 Å². The molecule has 0 bridgehead atoms. The lowest BCUT2D eigenvalue weighted by molar-refractivity contribution is 0.251. The Morgan fingerprint density at radius 2 is 1.96 bits per heavy atom. The average Bonchev–Trinajstić information content (AvgIpc) is 3.19. The fraction of sp³-hybridized carbons (Fsp3) is 0.316. The van der Waals surface area contributed by atoms with E-state index < -0.39 is 0 Å². The lowest BCUT2D eigenvalue weighted by atomic mass is 10.2. The van der Waals surface area contributed by atoms with Crippen molar-refractivity contribution in [3.63, 3.8) is 0 Å².